The predicted molar refractivity (Wildman–Crippen MR) is 83.1 cm³/mol. The van der Waals surface area contributed by atoms with Gasteiger partial charge in [0.05, 0.1) is 11.4 Å². The van der Waals surface area contributed by atoms with E-state index in [2.05, 4.69) is 6.58 Å². The molecule has 0 bridgehead atoms. The highest BCUT2D eigenvalue weighted by Crippen LogP contribution is 2.45. The molecule has 1 aliphatic heterocycles. The summed E-state index contributed by atoms with van der Waals surface area (Å²) in [6, 6.07) is 3.94. The van der Waals surface area contributed by atoms with Gasteiger partial charge in [0.1, 0.15) is 0 Å². The van der Waals surface area contributed by atoms with Crippen molar-refractivity contribution in [1.29, 1.82) is 0 Å². The Bertz CT molecular complexity index is 620. The van der Waals surface area contributed by atoms with Gasteiger partial charge in [-0.3, -0.25) is 4.90 Å². The Morgan fingerprint density at radius 2 is 1.76 bits per heavy atom. The predicted octanol–water partition coefficient (Wildman–Crippen LogP) is 5.42. The first-order valence-electron chi connectivity index (χ1n) is 6.05. The first-order chi connectivity index (χ1) is 9.76. The lowest BCUT2D eigenvalue weighted by molar-refractivity contribution is -0.195. The van der Waals surface area contributed by atoms with Crippen molar-refractivity contribution in [2.75, 3.05) is 0 Å². The maximum absolute atomic E-state index is 14.0. The highest BCUT2D eigenvalue weighted by Gasteiger charge is 2.50. The number of nitrogens with zero attached hydrogens (tertiary/aromatic N) is 1. The third-order valence-corrected chi connectivity index (χ3v) is 4.03. The van der Waals surface area contributed by atoms with Gasteiger partial charge >= 0.3 is 12.5 Å². The van der Waals surface area contributed by atoms with E-state index in [9.17, 15) is 17.6 Å². The average molecular weight is 409 g/mol. The smallest absolute Gasteiger partial charge is 0.276 e. The quantitative estimate of drug-likeness (QED) is 0.366. The topological polar surface area (TPSA) is 3.24 Å². The zero-order valence-electron chi connectivity index (χ0n) is 11.1. The lowest BCUT2D eigenvalue weighted by Crippen LogP contribution is -2.46. The molecular weight excluding hydrogens is 397 g/mol. The lowest BCUT2D eigenvalue weighted by atomic mass is 10.0. The molecule has 112 valence electrons. The van der Waals surface area contributed by atoms with E-state index >= 15 is 0 Å². The molecule has 0 saturated carbocycles. The van der Waals surface area contributed by atoms with Crippen molar-refractivity contribution in [1.82, 2.24) is 4.90 Å². The van der Waals surface area contributed by atoms with Crippen LogP contribution < -0.4 is 0 Å². The van der Waals surface area contributed by atoms with Gasteiger partial charge in [-0.2, -0.15) is 8.78 Å². The molecule has 1 nitrogen and oxygen atoms in total. The molecule has 1 aliphatic rings. The summed E-state index contributed by atoms with van der Waals surface area (Å²) in [6.07, 6.45) is -2.16. The molecule has 0 spiro atoms. The SMILES string of the molecule is C=C1C(I)=CC(C)=C(c2ccccc2)N1C(F)(F)C(F)F. The zero-order chi connectivity index (χ0) is 15.8. The monoisotopic (exact) mass is 409 g/mol. The number of hydrogen-bond donors (Lipinski definition) is 0. The van der Waals surface area contributed by atoms with Crippen LogP contribution in [0.25, 0.3) is 5.70 Å². The van der Waals surface area contributed by atoms with E-state index in [1.807, 2.05) is 22.6 Å². The third-order valence-electron chi connectivity index (χ3n) is 3.09. The standard InChI is InChI=1S/C15H12F4IN/c1-9-8-12(20)10(2)21(15(18,19)14(16)17)13(9)11-6-4-3-5-7-11/h3-8,14H,2H2,1H3. The van der Waals surface area contributed by atoms with Gasteiger partial charge in [-0.05, 0) is 46.7 Å². The van der Waals surface area contributed by atoms with Crippen molar-refractivity contribution in [3.63, 3.8) is 0 Å². The van der Waals surface area contributed by atoms with Crippen LogP contribution in [0.3, 0.4) is 0 Å². The molecule has 1 aromatic carbocycles. The molecule has 6 heteroatoms. The van der Waals surface area contributed by atoms with Crippen LogP contribution in [-0.2, 0) is 0 Å². The number of alkyl halides is 4. The van der Waals surface area contributed by atoms with Crippen LogP contribution in [0.2, 0.25) is 0 Å². The van der Waals surface area contributed by atoms with E-state index in [1.54, 1.807) is 43.3 Å². The van der Waals surface area contributed by atoms with Gasteiger partial charge in [0.2, 0.25) is 0 Å². The molecule has 1 aromatic rings. The normalized spacial score (nSPS) is 16.6. The van der Waals surface area contributed by atoms with Crippen molar-refractivity contribution >= 4 is 28.3 Å². The van der Waals surface area contributed by atoms with Crippen molar-refractivity contribution in [2.24, 2.45) is 0 Å². The molecule has 0 fully saturated rings. The summed E-state index contributed by atoms with van der Waals surface area (Å²) in [7, 11) is 0. The Kier molecular flexibility index (Phi) is 4.46. The first kappa shape index (κ1) is 16.1. The summed E-state index contributed by atoms with van der Waals surface area (Å²) in [5.74, 6) is 0. The van der Waals surface area contributed by atoms with E-state index in [1.165, 1.54) is 0 Å². The van der Waals surface area contributed by atoms with Crippen molar-refractivity contribution < 1.29 is 17.6 Å². The highest BCUT2D eigenvalue weighted by molar-refractivity contribution is 14.1. The van der Waals surface area contributed by atoms with Gasteiger partial charge in [-0.25, -0.2) is 8.78 Å². The van der Waals surface area contributed by atoms with Gasteiger partial charge < -0.3 is 0 Å². The van der Waals surface area contributed by atoms with Crippen LogP contribution in [0.4, 0.5) is 17.6 Å². The minimum Gasteiger partial charge on any atom is -0.276 e. The maximum atomic E-state index is 14.0. The number of halogens is 5. The summed E-state index contributed by atoms with van der Waals surface area (Å²) in [5.41, 5.74) is 0.839. The molecule has 2 rings (SSSR count). The summed E-state index contributed by atoms with van der Waals surface area (Å²) in [6.45, 7) is 5.15. The lowest BCUT2D eigenvalue weighted by Gasteiger charge is -2.38. The number of allylic oxidation sites excluding steroid dienone is 3. The van der Waals surface area contributed by atoms with Gasteiger partial charge in [0.15, 0.2) is 0 Å². The molecule has 0 atom stereocenters. The number of rotatable bonds is 3. The van der Waals surface area contributed by atoms with Gasteiger partial charge in [-0.1, -0.05) is 36.9 Å². The second-order valence-corrected chi connectivity index (χ2v) is 5.72. The fraction of sp³-hybridized carbons (Fsp3) is 0.200. The van der Waals surface area contributed by atoms with Crippen LogP contribution in [0.5, 0.6) is 0 Å². The summed E-state index contributed by atoms with van der Waals surface area (Å²) < 4.78 is 54.1. The van der Waals surface area contributed by atoms with E-state index in [-0.39, 0.29) is 11.4 Å². The van der Waals surface area contributed by atoms with E-state index in [4.69, 9.17) is 0 Å². The molecule has 0 N–H and O–H groups in total. The zero-order valence-corrected chi connectivity index (χ0v) is 13.2. The fourth-order valence-corrected chi connectivity index (χ4v) is 2.85. The summed E-state index contributed by atoms with van der Waals surface area (Å²) >= 11 is 1.81. The molecule has 0 saturated heterocycles. The molecule has 0 aliphatic carbocycles. The van der Waals surface area contributed by atoms with E-state index in [0.29, 0.717) is 19.6 Å². The molecular formula is C15H12F4IN. The Morgan fingerprint density at radius 3 is 2.29 bits per heavy atom. The average Bonchev–Trinajstić information content (AvgIpc) is 2.43. The Labute approximate surface area is 133 Å². The first-order valence-corrected chi connectivity index (χ1v) is 7.13. The number of benzene rings is 1. The minimum atomic E-state index is -4.33. The van der Waals surface area contributed by atoms with E-state index < -0.39 is 12.5 Å². The largest absolute Gasteiger partial charge is 0.390 e. The Hall–Kier alpha value is -1.31. The van der Waals surface area contributed by atoms with Gasteiger partial charge in [-0.15, -0.1) is 0 Å². The molecule has 1 heterocycles. The highest BCUT2D eigenvalue weighted by atomic mass is 127. The molecule has 0 unspecified atom stereocenters. The minimum absolute atomic E-state index is 0.0475. The van der Waals surface area contributed by atoms with Crippen molar-refractivity contribution in [3.05, 3.63) is 63.4 Å². The van der Waals surface area contributed by atoms with Crippen LogP contribution in [0.15, 0.2) is 57.8 Å². The van der Waals surface area contributed by atoms with Gasteiger partial charge in [0.25, 0.3) is 0 Å². The van der Waals surface area contributed by atoms with Crippen molar-refractivity contribution in [3.8, 4) is 0 Å². The molecule has 0 amide bonds. The third kappa shape index (κ3) is 2.86. The second-order valence-electron chi connectivity index (χ2n) is 4.56. The number of hydrogen-bond acceptors (Lipinski definition) is 1. The Balaban J connectivity index is 2.66. The summed E-state index contributed by atoms with van der Waals surface area (Å²) in [5, 5.41) is 0. The summed E-state index contributed by atoms with van der Waals surface area (Å²) in [4.78, 5) is 0.337. The van der Waals surface area contributed by atoms with Crippen LogP contribution in [-0.4, -0.2) is 17.4 Å². The molecule has 21 heavy (non-hydrogen) atoms. The fourth-order valence-electron chi connectivity index (χ4n) is 2.14. The van der Waals surface area contributed by atoms with E-state index in [0.717, 1.165) is 0 Å². The molecule has 0 radical (unpaired) electrons. The molecule has 0 aromatic heterocycles. The Morgan fingerprint density at radius 1 is 1.19 bits per heavy atom. The van der Waals surface area contributed by atoms with Crippen LogP contribution in [0, 0.1) is 0 Å². The maximum Gasteiger partial charge on any atom is 0.390 e. The van der Waals surface area contributed by atoms with Gasteiger partial charge in [0, 0.05) is 3.58 Å². The second kappa shape index (κ2) is 5.82. The van der Waals surface area contributed by atoms with Crippen LogP contribution >= 0.6 is 22.6 Å². The van der Waals surface area contributed by atoms with Crippen LogP contribution in [0.1, 0.15) is 12.5 Å². The van der Waals surface area contributed by atoms with Crippen molar-refractivity contribution in [2.45, 2.75) is 19.4 Å².